The van der Waals surface area contributed by atoms with Gasteiger partial charge >= 0.3 is 17.9 Å². The summed E-state index contributed by atoms with van der Waals surface area (Å²) in [5.41, 5.74) is -5.25. The van der Waals surface area contributed by atoms with Crippen molar-refractivity contribution in [3.8, 4) is 0 Å². The Bertz CT molecular complexity index is 2410. The van der Waals surface area contributed by atoms with E-state index in [4.69, 9.17) is 37.9 Å². The summed E-state index contributed by atoms with van der Waals surface area (Å²) in [5, 5.41) is 146. The minimum absolute atomic E-state index is 0.165. The highest BCUT2D eigenvalue weighted by Crippen LogP contribution is 2.76. The predicted octanol–water partition coefficient (Wildman–Crippen LogP) is -0.765. The monoisotopic (exact) mass is 1160 g/mol. The Hall–Kier alpha value is -3.09. The second-order valence-electron chi connectivity index (χ2n) is 25.9. The van der Waals surface area contributed by atoms with Crippen LogP contribution in [0.25, 0.3) is 0 Å². The van der Waals surface area contributed by atoms with Crippen LogP contribution in [0.15, 0.2) is 34.9 Å². The summed E-state index contributed by atoms with van der Waals surface area (Å²) < 4.78 is 48.8. The molecule has 0 radical (unpaired) electrons. The van der Waals surface area contributed by atoms with Crippen molar-refractivity contribution in [3.05, 3.63) is 34.9 Å². The van der Waals surface area contributed by atoms with Gasteiger partial charge in [0.05, 0.1) is 50.2 Å². The van der Waals surface area contributed by atoms with E-state index in [1.165, 1.54) is 0 Å². The zero-order valence-electron chi connectivity index (χ0n) is 47.8. The van der Waals surface area contributed by atoms with E-state index in [0.29, 0.717) is 31.3 Å². The lowest BCUT2D eigenvalue weighted by Crippen LogP contribution is -2.76. The lowest BCUT2D eigenvalue weighted by atomic mass is 9.32. The molecule has 5 aliphatic carbocycles. The van der Waals surface area contributed by atoms with Crippen LogP contribution in [0.3, 0.4) is 0 Å². The van der Waals surface area contributed by atoms with Crippen molar-refractivity contribution in [1.29, 1.82) is 0 Å². The van der Waals surface area contributed by atoms with Crippen molar-refractivity contribution in [2.45, 2.75) is 224 Å². The number of esters is 2. The molecule has 0 amide bonds. The van der Waals surface area contributed by atoms with Gasteiger partial charge in [-0.15, -0.1) is 0 Å². The second-order valence-corrected chi connectivity index (χ2v) is 25.9. The molecule has 9 unspecified atom stereocenters. The van der Waals surface area contributed by atoms with Crippen molar-refractivity contribution in [2.75, 3.05) is 26.4 Å². The van der Waals surface area contributed by atoms with Gasteiger partial charge < -0.3 is 104 Å². The van der Waals surface area contributed by atoms with Crippen molar-refractivity contribution in [1.82, 2.24) is 0 Å². The van der Waals surface area contributed by atoms with Crippen LogP contribution in [-0.4, -0.2) is 227 Å². The maximum Gasteiger partial charge on any atom is 0.335 e. The molecular formula is C57H88O24. The summed E-state index contributed by atoms with van der Waals surface area (Å²) in [4.78, 5) is 40.4. The van der Waals surface area contributed by atoms with E-state index in [9.17, 15) is 80.8 Å². The molecule has 0 bridgehead atoms. The summed E-state index contributed by atoms with van der Waals surface area (Å²) in [6, 6.07) is 0. The number of aliphatic hydroxyl groups is 12. The Balaban J connectivity index is 1.15. The molecule has 460 valence electrons. The number of carbonyl (C=O) groups is 3. The fourth-order valence-electron chi connectivity index (χ4n) is 16.2. The van der Waals surface area contributed by atoms with Gasteiger partial charge in [-0.25, -0.2) is 14.4 Å². The molecule has 8 aliphatic rings. The van der Waals surface area contributed by atoms with E-state index in [1.54, 1.807) is 39.8 Å². The van der Waals surface area contributed by atoms with Gasteiger partial charge in [0.15, 0.2) is 31.1 Å². The third kappa shape index (κ3) is 9.98. The van der Waals surface area contributed by atoms with Crippen molar-refractivity contribution in [2.24, 2.45) is 50.2 Å². The number of hydrogen-bond donors (Lipinski definition) is 13. The van der Waals surface area contributed by atoms with Crippen molar-refractivity contribution < 1.29 is 119 Å². The smallest absolute Gasteiger partial charge is 0.335 e. The third-order valence-corrected chi connectivity index (χ3v) is 21.5. The number of carboxylic acids is 1. The molecule has 4 saturated carbocycles. The molecule has 24 heteroatoms. The number of ether oxygens (including phenoxy) is 8. The summed E-state index contributed by atoms with van der Waals surface area (Å²) in [7, 11) is 0. The van der Waals surface area contributed by atoms with Crippen LogP contribution >= 0.6 is 0 Å². The fourth-order valence-corrected chi connectivity index (χ4v) is 16.2. The molecule has 7 fully saturated rings. The summed E-state index contributed by atoms with van der Waals surface area (Å²) in [6.45, 7) is 15.3. The van der Waals surface area contributed by atoms with Gasteiger partial charge in [-0.05, 0) is 94.8 Å². The van der Waals surface area contributed by atoms with Crippen LogP contribution in [0.4, 0.5) is 0 Å². The minimum atomic E-state index is -2.18. The Morgan fingerprint density at radius 3 is 1.70 bits per heavy atom. The standard InChI is InChI=1S/C57H88O24/c1-11-24(3)47(72)80-44-45(81-48(73)25(4)12-2)57(23-61)27(19-52(44,5)6)26-13-14-31-53(7)17-16-32(54(8,22-60)30(53)15-18-55(31,9)56(26,10)42(68)43(57)69)76-51-41(79-50-37(66)35(64)33(62)28(20-58)74-50)39(38(67)40(78-51)46(70)71)77-49-36(65)34(63)29(21-59)75-49/h11-13,27-45,49-51,58-69H,14-23H2,1-10H3,(H,70,71)/b24-11-,25-12-/t27?,28?,29-,30?,31?,32-,33+,34+,35?,36?,37-,38-,39?,40?,41-,42-,43+,44-,45-,49?,50-,51+,53-,54-,55+,56-,57-/m0/s1. The highest BCUT2D eigenvalue weighted by Gasteiger charge is 2.77. The van der Waals surface area contributed by atoms with E-state index in [1.807, 2.05) is 27.7 Å². The molecular weight excluding hydrogens is 1070 g/mol. The largest absolute Gasteiger partial charge is 0.479 e. The molecule has 24 nitrogen and oxygen atoms in total. The highest BCUT2D eigenvalue weighted by molar-refractivity contribution is 5.89. The van der Waals surface area contributed by atoms with Crippen LogP contribution in [0, 0.1) is 50.2 Å². The predicted molar refractivity (Wildman–Crippen MR) is 278 cm³/mol. The molecule has 0 aromatic carbocycles. The first kappa shape index (κ1) is 63.9. The fraction of sp³-hybridized carbons (Fsp3) is 0.842. The van der Waals surface area contributed by atoms with Gasteiger partial charge in [-0.3, -0.25) is 0 Å². The van der Waals surface area contributed by atoms with Gasteiger partial charge in [-0.2, -0.15) is 0 Å². The quantitative estimate of drug-likeness (QED) is 0.0415. The van der Waals surface area contributed by atoms with Crippen LogP contribution < -0.4 is 0 Å². The Morgan fingerprint density at radius 2 is 1.17 bits per heavy atom. The maximum atomic E-state index is 13.9. The normalized spacial score (nSPS) is 49.8. The van der Waals surface area contributed by atoms with E-state index >= 15 is 0 Å². The first-order valence-electron chi connectivity index (χ1n) is 28.3. The number of hydrogen-bond acceptors (Lipinski definition) is 23. The van der Waals surface area contributed by atoms with Crippen LogP contribution in [0.1, 0.15) is 108 Å². The number of rotatable bonds is 15. The topological polar surface area (TPSA) is 388 Å². The lowest BCUT2D eigenvalue weighted by molar-refractivity contribution is -0.387. The second kappa shape index (κ2) is 23.3. The molecule has 0 spiro atoms. The molecule has 3 heterocycles. The van der Waals surface area contributed by atoms with Crippen LogP contribution in [-0.2, 0) is 52.3 Å². The number of carboxylic acid groups (broad SMARTS) is 1. The number of fused-ring (bicyclic) bond motifs is 7. The maximum absolute atomic E-state index is 13.9. The SMILES string of the molecule is C/C=C(/C)C(=O)O[C@H]1[C@H](OC(=O)/C(C)=C\C)[C@@]2(CO)C(CC1(C)C)C1=CCC3[C@@]4(C)CC[C@H](O[C@@H]5OC(C(=O)O)[C@@H](O)C(OC6O[C@@H](CO)[C@@H](O)C6O)[C@@H]5O[C@@H]5OC(CO)[C@@H](O)C(O)[C@@H]5O)[C@@](C)(CO)C4CC[C@@]3(C)[C@]1(C)[C@@H](O)[C@H]2O. The zero-order valence-corrected chi connectivity index (χ0v) is 47.8. The average Bonchev–Trinajstić information content (AvgIpc) is 1.99. The molecule has 0 aromatic heterocycles. The summed E-state index contributed by atoms with van der Waals surface area (Å²) in [5.74, 6) is -4.48. The molecule has 3 aliphatic heterocycles. The van der Waals surface area contributed by atoms with Crippen LogP contribution in [0.5, 0.6) is 0 Å². The van der Waals surface area contributed by atoms with Crippen LogP contribution in [0.2, 0.25) is 0 Å². The third-order valence-electron chi connectivity index (χ3n) is 21.5. The van der Waals surface area contributed by atoms with E-state index < -0.39 is 205 Å². The van der Waals surface area contributed by atoms with E-state index in [2.05, 4.69) is 19.9 Å². The number of carbonyl (C=O) groups excluding carboxylic acids is 2. The average molecular weight is 1160 g/mol. The summed E-state index contributed by atoms with van der Waals surface area (Å²) >= 11 is 0. The van der Waals surface area contributed by atoms with Gasteiger partial charge in [0.1, 0.15) is 67.1 Å². The number of allylic oxidation sites excluding steroid dienone is 3. The van der Waals surface area contributed by atoms with Gasteiger partial charge in [-0.1, -0.05) is 65.3 Å². The lowest BCUT2D eigenvalue weighted by Gasteiger charge is -2.73. The van der Waals surface area contributed by atoms with Gasteiger partial charge in [0.2, 0.25) is 0 Å². The van der Waals surface area contributed by atoms with Crippen molar-refractivity contribution in [3.63, 3.8) is 0 Å². The van der Waals surface area contributed by atoms with Gasteiger partial charge in [0.25, 0.3) is 0 Å². The first-order valence-corrected chi connectivity index (χ1v) is 28.3. The Kier molecular flexibility index (Phi) is 18.4. The zero-order chi connectivity index (χ0) is 60.0. The molecule has 3 saturated heterocycles. The minimum Gasteiger partial charge on any atom is -0.479 e. The summed E-state index contributed by atoms with van der Waals surface area (Å²) in [6.07, 6.45) is -25.7. The van der Waals surface area contributed by atoms with E-state index in [0.717, 1.165) is 5.57 Å². The molecule has 8 rings (SSSR count). The molecule has 0 aromatic rings. The Labute approximate surface area is 471 Å². The van der Waals surface area contributed by atoms with Crippen molar-refractivity contribution >= 4 is 17.9 Å². The first-order chi connectivity index (χ1) is 37.9. The Morgan fingerprint density at radius 1 is 0.630 bits per heavy atom. The highest BCUT2D eigenvalue weighted by atomic mass is 16.8. The molecule has 27 atom stereocenters. The van der Waals surface area contributed by atoms with E-state index in [-0.39, 0.29) is 24.3 Å². The molecule has 81 heavy (non-hydrogen) atoms. The molecule has 13 N–H and O–H groups in total. The number of aliphatic hydroxyl groups excluding tert-OH is 12. The number of aliphatic carboxylic acids is 1. The van der Waals surface area contributed by atoms with Gasteiger partial charge in [0, 0.05) is 27.4 Å².